The summed E-state index contributed by atoms with van der Waals surface area (Å²) >= 11 is 0. The molecule has 6 heteroatoms. The van der Waals surface area contributed by atoms with Crippen LogP contribution in [0.4, 0.5) is 0 Å². The molecule has 5 aromatic carbocycles. The molecule has 0 fully saturated rings. The Kier molecular flexibility index (Phi) is 9.40. The Hall–Kier alpha value is -5.30. The normalized spacial score (nSPS) is 12.1. The van der Waals surface area contributed by atoms with Crippen molar-refractivity contribution in [2.45, 2.75) is 38.9 Å². The molecule has 0 saturated heterocycles. The van der Waals surface area contributed by atoms with E-state index in [4.69, 9.17) is 15.1 Å². The van der Waals surface area contributed by atoms with Crippen LogP contribution in [-0.4, -0.2) is 34.6 Å². The van der Waals surface area contributed by atoms with Crippen molar-refractivity contribution in [2.24, 2.45) is 4.99 Å². The molecule has 3 N–H and O–H groups in total. The largest absolute Gasteiger partial charge is 0.427 e. The van der Waals surface area contributed by atoms with Crippen LogP contribution in [-0.2, 0) is 4.65 Å². The number of H-pyrrole nitrogens is 1. The fraction of sp³-hybridized carbons (Fsp3) is 0.143. The van der Waals surface area contributed by atoms with E-state index in [2.05, 4.69) is 96.0 Å². The zero-order chi connectivity index (χ0) is 33.7. The molecule has 0 aliphatic heterocycles. The highest BCUT2D eigenvalue weighted by atomic mass is 16.5. The van der Waals surface area contributed by atoms with Gasteiger partial charge in [0, 0.05) is 17.3 Å². The lowest BCUT2D eigenvalue weighted by molar-refractivity contribution is -0.0893. The van der Waals surface area contributed by atoms with Crippen LogP contribution in [0.5, 0.6) is 0 Å². The van der Waals surface area contributed by atoms with Crippen LogP contribution in [0.3, 0.4) is 0 Å². The third-order valence-electron chi connectivity index (χ3n) is 9.07. The second-order valence-corrected chi connectivity index (χ2v) is 13.1. The fourth-order valence-corrected chi connectivity index (χ4v) is 5.30. The Morgan fingerprint density at radius 1 is 0.625 bits per heavy atom. The molecule has 5 nitrogen and oxygen atoms in total. The number of aromatic amines is 1. The molecule has 0 aliphatic carbocycles. The molecule has 0 bridgehead atoms. The first-order valence-electron chi connectivity index (χ1n) is 16.2. The van der Waals surface area contributed by atoms with Gasteiger partial charge in [-0.05, 0) is 72.7 Å². The van der Waals surface area contributed by atoms with E-state index in [-0.39, 0.29) is 5.84 Å². The predicted molar refractivity (Wildman–Crippen MR) is 200 cm³/mol. The Labute approximate surface area is 283 Å². The van der Waals surface area contributed by atoms with E-state index >= 15 is 0 Å². The lowest BCUT2D eigenvalue weighted by Crippen LogP contribution is -2.49. The van der Waals surface area contributed by atoms with E-state index in [0.717, 1.165) is 38.8 Å². The van der Waals surface area contributed by atoms with Gasteiger partial charge in [-0.15, -0.1) is 0 Å². The fourth-order valence-electron chi connectivity index (χ4n) is 5.30. The number of hydrogen-bond donors (Lipinski definition) is 3. The van der Waals surface area contributed by atoms with Crippen LogP contribution in [0.15, 0.2) is 151 Å². The number of nitrogens with one attached hydrogen (secondary N) is 2. The molecule has 0 aliphatic rings. The molecule has 0 atom stereocenters. The first-order chi connectivity index (χ1) is 23.1. The second kappa shape index (κ2) is 13.8. The highest BCUT2D eigenvalue weighted by molar-refractivity contribution is 6.47. The highest BCUT2D eigenvalue weighted by Crippen LogP contribution is 2.28. The van der Waals surface area contributed by atoms with Gasteiger partial charge in [-0.3, -0.25) is 5.41 Å². The topological polar surface area (TPSA) is 81.5 Å². The van der Waals surface area contributed by atoms with Crippen LogP contribution in [0.2, 0.25) is 0 Å². The van der Waals surface area contributed by atoms with Gasteiger partial charge in [0.05, 0.1) is 11.2 Å². The van der Waals surface area contributed by atoms with Crippen LogP contribution in [0.1, 0.15) is 33.3 Å². The summed E-state index contributed by atoms with van der Waals surface area (Å²) in [6.45, 7) is 7.25. The Morgan fingerprint density at radius 3 is 1.58 bits per heavy atom. The first kappa shape index (κ1) is 32.6. The molecule has 1 aromatic heterocycles. The minimum atomic E-state index is -0.981. The summed E-state index contributed by atoms with van der Waals surface area (Å²) in [5.74, 6) is 0.151. The number of amidine groups is 1. The molecule has 6 rings (SSSR count). The van der Waals surface area contributed by atoms with Crippen molar-refractivity contribution in [3.05, 3.63) is 157 Å². The summed E-state index contributed by atoms with van der Waals surface area (Å²) in [6, 6.07) is 47.5. The Balaban J connectivity index is 1.32. The van der Waals surface area contributed by atoms with E-state index in [1.807, 2.05) is 68.6 Å². The summed E-state index contributed by atoms with van der Waals surface area (Å²) < 4.78 is 6.02. The van der Waals surface area contributed by atoms with Gasteiger partial charge in [0.25, 0.3) is 0 Å². The van der Waals surface area contributed by atoms with Gasteiger partial charge >= 0.3 is 7.48 Å². The van der Waals surface area contributed by atoms with Crippen molar-refractivity contribution in [2.75, 3.05) is 0 Å². The summed E-state index contributed by atoms with van der Waals surface area (Å²) in [5, 5.41) is 19.3. The molecule has 6 aromatic rings. The van der Waals surface area contributed by atoms with Crippen molar-refractivity contribution < 1.29 is 9.76 Å². The average Bonchev–Trinajstić information content (AvgIpc) is 3.11. The van der Waals surface area contributed by atoms with E-state index < -0.39 is 11.2 Å². The number of nitrogens with zero attached hydrogens (tertiary/aromatic N) is 1. The van der Waals surface area contributed by atoms with Gasteiger partial charge in [-0.2, -0.15) is 0 Å². The Bertz CT molecular complexity index is 2060. The molecule has 0 amide bonds. The minimum absolute atomic E-state index is 0.151. The maximum atomic E-state index is 10.4. The number of rotatable bonds is 9. The van der Waals surface area contributed by atoms with Crippen LogP contribution in [0.25, 0.3) is 44.5 Å². The third-order valence-corrected chi connectivity index (χ3v) is 9.07. The molecular formula is C42H40BN3O2. The average molecular weight is 630 g/mol. The van der Waals surface area contributed by atoms with Gasteiger partial charge in [-0.1, -0.05) is 139 Å². The van der Waals surface area contributed by atoms with E-state index in [1.165, 1.54) is 11.1 Å². The molecule has 238 valence electrons. The molecule has 0 radical (unpaired) electrons. The van der Waals surface area contributed by atoms with Crippen molar-refractivity contribution >= 4 is 18.8 Å². The van der Waals surface area contributed by atoms with Crippen molar-refractivity contribution in [1.82, 2.24) is 4.98 Å². The van der Waals surface area contributed by atoms with Crippen molar-refractivity contribution in [3.8, 4) is 44.5 Å². The smallest absolute Gasteiger partial charge is 0.309 e. The van der Waals surface area contributed by atoms with Gasteiger partial charge in [0.1, 0.15) is 5.49 Å². The van der Waals surface area contributed by atoms with Crippen LogP contribution >= 0.6 is 0 Å². The van der Waals surface area contributed by atoms with Crippen molar-refractivity contribution in [1.29, 1.82) is 5.41 Å². The van der Waals surface area contributed by atoms with Gasteiger partial charge in [0.2, 0.25) is 0 Å². The summed E-state index contributed by atoms with van der Waals surface area (Å²) in [7, 11) is 0.354. The van der Waals surface area contributed by atoms with Gasteiger partial charge in [-0.25, -0.2) is 4.99 Å². The second-order valence-electron chi connectivity index (χ2n) is 13.1. The monoisotopic (exact) mass is 629 g/mol. The summed E-state index contributed by atoms with van der Waals surface area (Å²) in [4.78, 5) is 8.19. The van der Waals surface area contributed by atoms with Gasteiger partial charge in [0.15, 0.2) is 5.84 Å². The minimum Gasteiger partial charge on any atom is -0.427 e. The van der Waals surface area contributed by atoms with Crippen LogP contribution in [0, 0.1) is 5.41 Å². The standard InChI is InChI=1S/C42H40BN3O2/c1-41(2,47)42(3,4)48-43-37-25-23-35(24-26-37)39(44)46-40-38(34-21-19-32(20-22-34)30-13-9-6-10-14-30)27-36(28-45-40)33-17-15-31(16-18-33)29-11-7-5-8-12-29/h5-28,43,47H,1-4H3,(H2,44,45,46). The van der Waals surface area contributed by atoms with E-state index in [1.54, 1.807) is 13.8 Å². The summed E-state index contributed by atoms with van der Waals surface area (Å²) in [5.41, 5.74) is 9.23. The number of hydrogen-bond acceptors (Lipinski definition) is 3. The van der Waals surface area contributed by atoms with E-state index in [9.17, 15) is 5.11 Å². The molecule has 0 saturated carbocycles. The third kappa shape index (κ3) is 7.47. The first-order valence-corrected chi connectivity index (χ1v) is 16.2. The maximum Gasteiger partial charge on any atom is 0.309 e. The predicted octanol–water partition coefficient (Wildman–Crippen LogP) is 8.15. The number of benzene rings is 5. The molecule has 0 spiro atoms. The molecule has 0 unspecified atom stereocenters. The summed E-state index contributed by atoms with van der Waals surface area (Å²) in [6.07, 6.45) is 1.95. The highest BCUT2D eigenvalue weighted by Gasteiger charge is 2.35. The zero-order valence-corrected chi connectivity index (χ0v) is 27.9. The maximum absolute atomic E-state index is 10.4. The number of aromatic nitrogens is 1. The molecular weight excluding hydrogens is 589 g/mol. The Morgan fingerprint density at radius 2 is 1.08 bits per heavy atom. The molecule has 1 heterocycles. The van der Waals surface area contributed by atoms with Gasteiger partial charge < -0.3 is 14.7 Å². The van der Waals surface area contributed by atoms with E-state index in [0.29, 0.717) is 18.5 Å². The number of aliphatic hydroxyl groups is 1. The molecule has 48 heavy (non-hydrogen) atoms. The lowest BCUT2D eigenvalue weighted by atomic mass is 9.82. The SMILES string of the molecule is CC(C)(O)C(C)(C)OBc1ccc(C(=N)/N=c2\[nH]cc(-c3ccc(-c4ccccc4)cc3)cc2-c2ccc(-c3ccccc3)cc2)cc1. The quantitative estimate of drug-likeness (QED) is 0.0857. The van der Waals surface area contributed by atoms with Crippen LogP contribution < -0.4 is 11.0 Å². The number of pyridine rings is 1. The lowest BCUT2D eigenvalue weighted by Gasteiger charge is -2.37. The van der Waals surface area contributed by atoms with Crippen molar-refractivity contribution in [3.63, 3.8) is 0 Å². The zero-order valence-electron chi connectivity index (χ0n) is 27.9.